The van der Waals surface area contributed by atoms with Gasteiger partial charge in [-0.2, -0.15) is 0 Å². The maximum absolute atomic E-state index is 11.2. The summed E-state index contributed by atoms with van der Waals surface area (Å²) < 4.78 is 9.66. The Labute approximate surface area is 93.2 Å². The zero-order valence-electron chi connectivity index (χ0n) is 9.14. The van der Waals surface area contributed by atoms with Crippen LogP contribution in [0.25, 0.3) is 0 Å². The highest BCUT2D eigenvalue weighted by Gasteiger charge is 2.35. The van der Waals surface area contributed by atoms with Crippen LogP contribution in [0.1, 0.15) is 32.6 Å². The first-order valence-corrected chi connectivity index (χ1v) is 5.23. The van der Waals surface area contributed by atoms with Crippen molar-refractivity contribution in [3.63, 3.8) is 0 Å². The number of hydrogen-bond donors (Lipinski definition) is 2. The van der Waals surface area contributed by atoms with Crippen molar-refractivity contribution in [3.05, 3.63) is 0 Å². The van der Waals surface area contributed by atoms with E-state index in [2.05, 4.69) is 4.74 Å². The van der Waals surface area contributed by atoms with Crippen molar-refractivity contribution in [1.29, 1.82) is 0 Å². The van der Waals surface area contributed by atoms with E-state index in [4.69, 9.17) is 4.74 Å². The second-order valence-electron chi connectivity index (χ2n) is 3.90. The lowest BCUT2D eigenvalue weighted by Crippen LogP contribution is -2.40. The van der Waals surface area contributed by atoms with Crippen LogP contribution in [0.3, 0.4) is 0 Å². The van der Waals surface area contributed by atoms with Crippen LogP contribution < -0.4 is 0 Å². The van der Waals surface area contributed by atoms with E-state index in [1.807, 2.05) is 0 Å². The summed E-state index contributed by atoms with van der Waals surface area (Å²) in [5.74, 6) is -3.99. The molecule has 1 aliphatic rings. The van der Waals surface area contributed by atoms with E-state index in [9.17, 15) is 19.8 Å². The Bertz CT molecular complexity index is 272. The predicted molar refractivity (Wildman–Crippen MR) is 52.1 cm³/mol. The Balaban J connectivity index is 2.63. The molecule has 0 aromatic carbocycles. The van der Waals surface area contributed by atoms with Crippen molar-refractivity contribution in [2.45, 2.75) is 44.5 Å². The fraction of sp³-hybridized carbons (Fsp3) is 0.800. The third-order valence-electron chi connectivity index (χ3n) is 2.32. The predicted octanol–water partition coefficient (Wildman–Crippen LogP) is -0.284. The molecule has 0 aromatic heterocycles. The second-order valence-corrected chi connectivity index (χ2v) is 3.90. The first kappa shape index (κ1) is 12.9. The number of esters is 2. The van der Waals surface area contributed by atoms with Gasteiger partial charge in [-0.1, -0.05) is 0 Å². The van der Waals surface area contributed by atoms with E-state index < -0.39 is 17.7 Å². The Kier molecular flexibility index (Phi) is 4.26. The van der Waals surface area contributed by atoms with Gasteiger partial charge < -0.3 is 19.7 Å². The molecule has 1 heterocycles. The van der Waals surface area contributed by atoms with Crippen molar-refractivity contribution < 1.29 is 29.3 Å². The molecule has 1 unspecified atom stereocenters. The molecule has 0 radical (unpaired) electrons. The van der Waals surface area contributed by atoms with Crippen LogP contribution in [-0.2, 0) is 19.1 Å². The zero-order chi connectivity index (χ0) is 12.2. The lowest BCUT2D eigenvalue weighted by molar-refractivity contribution is -0.211. The Hall–Kier alpha value is -1.14. The Morgan fingerprint density at radius 2 is 2.06 bits per heavy atom. The van der Waals surface area contributed by atoms with Crippen molar-refractivity contribution in [1.82, 2.24) is 0 Å². The van der Waals surface area contributed by atoms with Gasteiger partial charge in [-0.05, 0) is 13.3 Å². The van der Waals surface area contributed by atoms with Crippen LogP contribution in [-0.4, -0.2) is 40.6 Å². The fourth-order valence-corrected chi connectivity index (χ4v) is 1.36. The minimum atomic E-state index is -2.51. The molecular formula is C10H16O6. The molecule has 0 amide bonds. The van der Waals surface area contributed by atoms with E-state index >= 15 is 0 Å². The summed E-state index contributed by atoms with van der Waals surface area (Å²) in [7, 11) is 0. The molecule has 1 atom stereocenters. The van der Waals surface area contributed by atoms with Crippen LogP contribution in [0.5, 0.6) is 0 Å². The fourth-order valence-electron chi connectivity index (χ4n) is 1.36. The van der Waals surface area contributed by atoms with E-state index in [0.717, 1.165) is 0 Å². The number of carbonyl (C=O) groups excluding carboxylic acids is 2. The van der Waals surface area contributed by atoms with E-state index in [-0.39, 0.29) is 32.0 Å². The summed E-state index contributed by atoms with van der Waals surface area (Å²) in [4.78, 5) is 22.4. The van der Waals surface area contributed by atoms with Crippen LogP contribution in [0, 0.1) is 0 Å². The topological polar surface area (TPSA) is 93.1 Å². The average molecular weight is 232 g/mol. The van der Waals surface area contributed by atoms with Crippen LogP contribution in [0.4, 0.5) is 0 Å². The zero-order valence-corrected chi connectivity index (χ0v) is 9.14. The number of aliphatic hydroxyl groups is 2. The van der Waals surface area contributed by atoms with Gasteiger partial charge in [0.1, 0.15) is 6.10 Å². The highest BCUT2D eigenvalue weighted by Crippen LogP contribution is 2.15. The molecule has 2 N–H and O–H groups in total. The highest BCUT2D eigenvalue weighted by atomic mass is 16.6. The molecule has 0 bridgehead atoms. The molecule has 1 aliphatic heterocycles. The third-order valence-corrected chi connectivity index (χ3v) is 2.32. The van der Waals surface area contributed by atoms with Gasteiger partial charge in [-0.3, -0.25) is 4.79 Å². The number of rotatable bonds is 0. The number of hydrogen-bond acceptors (Lipinski definition) is 6. The van der Waals surface area contributed by atoms with Crippen LogP contribution in [0.2, 0.25) is 0 Å². The minimum absolute atomic E-state index is 0.00382. The second kappa shape index (κ2) is 5.27. The van der Waals surface area contributed by atoms with Crippen molar-refractivity contribution in [3.8, 4) is 0 Å². The summed E-state index contributed by atoms with van der Waals surface area (Å²) in [6.07, 6.45) is -0.0259. The van der Waals surface area contributed by atoms with Crippen molar-refractivity contribution >= 4 is 11.9 Å². The first-order chi connectivity index (χ1) is 7.42. The standard InChI is InChI=1S/C10H16O6/c1-7-4-6-15-9(12)10(13,14)5-2-3-8(11)16-7/h7,13-14H,2-6H2,1H3. The molecule has 0 spiro atoms. The molecule has 6 heteroatoms. The third kappa shape index (κ3) is 3.79. The molecule has 0 aromatic rings. The molecule has 92 valence electrons. The maximum atomic E-state index is 11.2. The highest BCUT2D eigenvalue weighted by molar-refractivity contribution is 5.77. The van der Waals surface area contributed by atoms with E-state index in [0.29, 0.717) is 6.42 Å². The largest absolute Gasteiger partial charge is 0.463 e. The quantitative estimate of drug-likeness (QED) is 0.440. The van der Waals surface area contributed by atoms with Gasteiger partial charge in [0.15, 0.2) is 0 Å². The molecule has 1 rings (SSSR count). The van der Waals surface area contributed by atoms with E-state index in [1.54, 1.807) is 6.92 Å². The summed E-state index contributed by atoms with van der Waals surface area (Å²) >= 11 is 0. The normalized spacial score (nSPS) is 27.6. The molecule has 0 saturated carbocycles. The van der Waals surface area contributed by atoms with E-state index in [1.165, 1.54) is 0 Å². The molecule has 0 aliphatic carbocycles. The van der Waals surface area contributed by atoms with Gasteiger partial charge in [0.05, 0.1) is 6.61 Å². The van der Waals surface area contributed by atoms with Gasteiger partial charge in [-0.15, -0.1) is 0 Å². The lowest BCUT2D eigenvalue weighted by atomic mass is 10.1. The summed E-state index contributed by atoms with van der Waals surface area (Å²) in [5.41, 5.74) is 0. The molecule has 1 fully saturated rings. The van der Waals surface area contributed by atoms with Crippen molar-refractivity contribution in [2.75, 3.05) is 6.61 Å². The monoisotopic (exact) mass is 232 g/mol. The smallest absolute Gasteiger partial charge is 0.366 e. The van der Waals surface area contributed by atoms with Gasteiger partial charge in [0.2, 0.25) is 0 Å². The summed E-state index contributed by atoms with van der Waals surface area (Å²) in [6, 6.07) is 0. The maximum Gasteiger partial charge on any atom is 0.366 e. The Morgan fingerprint density at radius 1 is 1.38 bits per heavy atom. The molecule has 16 heavy (non-hydrogen) atoms. The van der Waals surface area contributed by atoms with Gasteiger partial charge in [0, 0.05) is 19.3 Å². The van der Waals surface area contributed by atoms with Gasteiger partial charge in [0.25, 0.3) is 5.79 Å². The Morgan fingerprint density at radius 3 is 2.75 bits per heavy atom. The first-order valence-electron chi connectivity index (χ1n) is 5.23. The molecule has 1 saturated heterocycles. The molecular weight excluding hydrogens is 216 g/mol. The van der Waals surface area contributed by atoms with Gasteiger partial charge in [-0.25, -0.2) is 4.79 Å². The minimum Gasteiger partial charge on any atom is -0.463 e. The average Bonchev–Trinajstić information content (AvgIpc) is 2.17. The SMILES string of the molecule is CC1CCOC(=O)C(O)(O)CCCC(=O)O1. The van der Waals surface area contributed by atoms with Crippen LogP contribution >= 0.6 is 0 Å². The van der Waals surface area contributed by atoms with Crippen LogP contribution in [0.15, 0.2) is 0 Å². The number of cyclic esters (lactones) is 2. The number of ether oxygens (including phenoxy) is 2. The summed E-state index contributed by atoms with van der Waals surface area (Å²) in [5, 5.41) is 18.7. The number of carbonyl (C=O) groups is 2. The summed E-state index contributed by atoms with van der Waals surface area (Å²) in [6.45, 7) is 1.69. The van der Waals surface area contributed by atoms with Crippen molar-refractivity contribution in [2.24, 2.45) is 0 Å². The molecule has 6 nitrogen and oxygen atoms in total. The van der Waals surface area contributed by atoms with Gasteiger partial charge >= 0.3 is 11.9 Å². The lowest BCUT2D eigenvalue weighted by Gasteiger charge is -2.18.